The lowest BCUT2D eigenvalue weighted by molar-refractivity contribution is -0.141. The van der Waals surface area contributed by atoms with Gasteiger partial charge in [0.15, 0.2) is 0 Å². The third kappa shape index (κ3) is 1.55. The first-order valence-electron chi connectivity index (χ1n) is 4.93. The Balaban J connectivity index is 2.27. The van der Waals surface area contributed by atoms with E-state index in [4.69, 9.17) is 4.74 Å². The highest BCUT2D eigenvalue weighted by molar-refractivity contribution is 5.89. The molecule has 15 heavy (non-hydrogen) atoms. The van der Waals surface area contributed by atoms with Crippen LogP contribution < -0.4 is 0 Å². The molecule has 1 heterocycles. The van der Waals surface area contributed by atoms with Gasteiger partial charge in [-0.1, -0.05) is 11.6 Å². The van der Waals surface area contributed by atoms with E-state index in [1.54, 1.807) is 0 Å². The number of carbonyl (C=O) groups is 1. The predicted octanol–water partition coefficient (Wildman–Crippen LogP) is 0.974. The van der Waals surface area contributed by atoms with E-state index in [2.05, 4.69) is 4.74 Å². The highest BCUT2D eigenvalue weighted by atomic mass is 16.6. The zero-order chi connectivity index (χ0) is 11.0. The van der Waals surface area contributed by atoms with Crippen molar-refractivity contribution in [3.63, 3.8) is 0 Å². The summed E-state index contributed by atoms with van der Waals surface area (Å²) in [6.45, 7) is 1.94. The molecule has 0 fully saturated rings. The fourth-order valence-electron chi connectivity index (χ4n) is 2.29. The van der Waals surface area contributed by atoms with Crippen LogP contribution in [0.5, 0.6) is 0 Å². The number of esters is 1. The minimum Gasteiger partial charge on any atom is -0.472 e. The average molecular weight is 210 g/mol. The van der Waals surface area contributed by atoms with Gasteiger partial charge in [0.2, 0.25) is 6.29 Å². The summed E-state index contributed by atoms with van der Waals surface area (Å²) < 4.78 is 9.73. The number of rotatable bonds is 1. The summed E-state index contributed by atoms with van der Waals surface area (Å²) >= 11 is 0. The zero-order valence-electron chi connectivity index (χ0n) is 8.77. The number of allylic oxidation sites excluding steroid dienone is 1. The second-order valence-corrected chi connectivity index (χ2v) is 3.91. The first-order chi connectivity index (χ1) is 7.15. The molecular formula is C11H14O4. The number of fused-ring (bicyclic) bond motifs is 1. The Hall–Kier alpha value is -1.29. The van der Waals surface area contributed by atoms with Gasteiger partial charge in [-0.3, -0.25) is 0 Å². The third-order valence-electron chi connectivity index (χ3n) is 3.12. The summed E-state index contributed by atoms with van der Waals surface area (Å²) in [4.78, 5) is 11.4. The molecule has 2 rings (SSSR count). The third-order valence-corrected chi connectivity index (χ3v) is 3.12. The van der Waals surface area contributed by atoms with Crippen LogP contribution in [0.25, 0.3) is 0 Å². The summed E-state index contributed by atoms with van der Waals surface area (Å²) in [6.07, 6.45) is 3.27. The minimum atomic E-state index is -0.845. The Bertz CT molecular complexity index is 342. The van der Waals surface area contributed by atoms with Crippen molar-refractivity contribution in [1.82, 2.24) is 0 Å². The van der Waals surface area contributed by atoms with Crippen LogP contribution in [0.2, 0.25) is 0 Å². The molecule has 0 radical (unpaired) electrons. The zero-order valence-corrected chi connectivity index (χ0v) is 8.77. The van der Waals surface area contributed by atoms with Crippen LogP contribution in [-0.2, 0) is 14.3 Å². The van der Waals surface area contributed by atoms with Gasteiger partial charge in [0, 0.05) is 11.8 Å². The van der Waals surface area contributed by atoms with Gasteiger partial charge in [-0.25, -0.2) is 4.79 Å². The highest BCUT2D eigenvalue weighted by Crippen LogP contribution is 2.42. The largest absolute Gasteiger partial charge is 0.472 e. The van der Waals surface area contributed by atoms with Crippen LogP contribution >= 0.6 is 0 Å². The van der Waals surface area contributed by atoms with E-state index in [1.807, 2.05) is 13.0 Å². The number of hydrogen-bond donors (Lipinski definition) is 1. The lowest BCUT2D eigenvalue weighted by atomic mass is 9.84. The maximum Gasteiger partial charge on any atom is 0.337 e. The maximum absolute atomic E-state index is 11.4. The van der Waals surface area contributed by atoms with Crippen molar-refractivity contribution in [2.45, 2.75) is 19.6 Å². The van der Waals surface area contributed by atoms with Gasteiger partial charge in [-0.15, -0.1) is 0 Å². The van der Waals surface area contributed by atoms with Gasteiger partial charge in [-0.05, 0) is 13.3 Å². The Morgan fingerprint density at radius 3 is 3.07 bits per heavy atom. The van der Waals surface area contributed by atoms with Gasteiger partial charge < -0.3 is 14.6 Å². The molecule has 4 heteroatoms. The Labute approximate surface area is 88.2 Å². The van der Waals surface area contributed by atoms with E-state index >= 15 is 0 Å². The van der Waals surface area contributed by atoms with Crippen LogP contribution in [0.15, 0.2) is 23.5 Å². The van der Waals surface area contributed by atoms with Crippen molar-refractivity contribution < 1.29 is 19.4 Å². The maximum atomic E-state index is 11.4. The molecule has 3 atom stereocenters. The van der Waals surface area contributed by atoms with Crippen LogP contribution in [0.4, 0.5) is 0 Å². The van der Waals surface area contributed by atoms with Crippen molar-refractivity contribution in [2.24, 2.45) is 11.8 Å². The molecule has 0 spiro atoms. The molecule has 0 saturated heterocycles. The van der Waals surface area contributed by atoms with Crippen molar-refractivity contribution in [1.29, 1.82) is 0 Å². The number of carbonyl (C=O) groups excluding carboxylic acids is 1. The highest BCUT2D eigenvalue weighted by Gasteiger charge is 2.42. The van der Waals surface area contributed by atoms with Crippen molar-refractivity contribution in [3.05, 3.63) is 23.5 Å². The van der Waals surface area contributed by atoms with Gasteiger partial charge in [0.1, 0.15) is 0 Å². The van der Waals surface area contributed by atoms with E-state index in [0.717, 1.165) is 12.0 Å². The Morgan fingerprint density at radius 1 is 1.67 bits per heavy atom. The molecule has 1 aliphatic heterocycles. The molecule has 0 aromatic carbocycles. The van der Waals surface area contributed by atoms with Crippen molar-refractivity contribution in [2.75, 3.05) is 7.11 Å². The monoisotopic (exact) mass is 210 g/mol. The summed E-state index contributed by atoms with van der Waals surface area (Å²) in [7, 11) is 1.35. The molecule has 1 N–H and O–H groups in total. The molecule has 82 valence electrons. The number of methoxy groups -OCH3 is 1. The minimum absolute atomic E-state index is 0.00111. The standard InChI is InChI=1S/C11H14O4/c1-6-3-4-7-8(10(12)14-2)5-15-11(13)9(6)7/h3,5,7,9,11,13H,4H2,1-2H3. The fourth-order valence-corrected chi connectivity index (χ4v) is 2.29. The Kier molecular flexibility index (Phi) is 2.52. The average Bonchev–Trinajstić information content (AvgIpc) is 2.61. The first kappa shape index (κ1) is 10.2. The van der Waals surface area contributed by atoms with E-state index < -0.39 is 6.29 Å². The van der Waals surface area contributed by atoms with Crippen LogP contribution in [0.3, 0.4) is 0 Å². The summed E-state index contributed by atoms with van der Waals surface area (Å²) in [6, 6.07) is 0. The smallest absolute Gasteiger partial charge is 0.337 e. The molecule has 0 bridgehead atoms. The van der Waals surface area contributed by atoms with Gasteiger partial charge in [0.05, 0.1) is 18.9 Å². The lowest BCUT2D eigenvalue weighted by Gasteiger charge is -2.31. The van der Waals surface area contributed by atoms with Gasteiger partial charge in [-0.2, -0.15) is 0 Å². The molecule has 0 amide bonds. The van der Waals surface area contributed by atoms with Gasteiger partial charge in [0.25, 0.3) is 0 Å². The van der Waals surface area contributed by atoms with Crippen LogP contribution in [0.1, 0.15) is 13.3 Å². The molecule has 4 nitrogen and oxygen atoms in total. The summed E-state index contributed by atoms with van der Waals surface area (Å²) in [5.41, 5.74) is 1.59. The number of ether oxygens (including phenoxy) is 2. The molecular weight excluding hydrogens is 196 g/mol. The van der Waals surface area contributed by atoms with E-state index in [9.17, 15) is 9.90 Å². The molecule has 1 aliphatic carbocycles. The lowest BCUT2D eigenvalue weighted by Crippen LogP contribution is -2.34. The number of hydrogen-bond acceptors (Lipinski definition) is 4. The molecule has 0 aromatic rings. The number of aliphatic hydroxyl groups is 1. The first-order valence-corrected chi connectivity index (χ1v) is 4.93. The summed E-state index contributed by atoms with van der Waals surface area (Å²) in [5, 5.41) is 9.66. The molecule has 3 unspecified atom stereocenters. The second-order valence-electron chi connectivity index (χ2n) is 3.91. The van der Waals surface area contributed by atoms with Crippen LogP contribution in [0, 0.1) is 11.8 Å². The van der Waals surface area contributed by atoms with Gasteiger partial charge >= 0.3 is 5.97 Å². The van der Waals surface area contributed by atoms with E-state index in [0.29, 0.717) is 5.57 Å². The van der Waals surface area contributed by atoms with Crippen LogP contribution in [-0.4, -0.2) is 24.5 Å². The van der Waals surface area contributed by atoms with Crippen molar-refractivity contribution in [3.8, 4) is 0 Å². The normalized spacial score (nSPS) is 33.7. The Morgan fingerprint density at radius 2 is 2.40 bits per heavy atom. The van der Waals surface area contributed by atoms with E-state index in [-0.39, 0.29) is 17.8 Å². The topological polar surface area (TPSA) is 55.8 Å². The molecule has 2 aliphatic rings. The SMILES string of the molecule is COC(=O)C1=COC(O)C2C(C)=CCC12. The predicted molar refractivity (Wildman–Crippen MR) is 52.5 cm³/mol. The molecule has 0 aromatic heterocycles. The fraction of sp³-hybridized carbons (Fsp3) is 0.545. The molecule has 0 saturated carbocycles. The second kappa shape index (κ2) is 3.70. The summed E-state index contributed by atoms with van der Waals surface area (Å²) in [5.74, 6) is -0.481. The quantitative estimate of drug-likeness (QED) is 0.517. The van der Waals surface area contributed by atoms with E-state index in [1.165, 1.54) is 13.4 Å². The number of aliphatic hydroxyl groups excluding tert-OH is 1. The van der Waals surface area contributed by atoms with Crippen molar-refractivity contribution >= 4 is 5.97 Å².